The Bertz CT molecular complexity index is 609. The average Bonchev–Trinajstić information content (AvgIpc) is 2.85. The lowest BCUT2D eigenvalue weighted by Crippen LogP contribution is -2.29. The molecule has 8 nitrogen and oxygen atoms in total. The molecule has 0 radical (unpaired) electrons. The van der Waals surface area contributed by atoms with Gasteiger partial charge in [0.25, 0.3) is 0 Å². The van der Waals surface area contributed by atoms with E-state index in [0.29, 0.717) is 0 Å². The van der Waals surface area contributed by atoms with Crippen LogP contribution in [-0.4, -0.2) is 32.1 Å². The van der Waals surface area contributed by atoms with Crippen molar-refractivity contribution in [3.8, 4) is 5.75 Å². The van der Waals surface area contributed by atoms with Crippen LogP contribution in [0, 0.1) is 6.92 Å². The summed E-state index contributed by atoms with van der Waals surface area (Å²) >= 11 is 0. The molecule has 2 amide bonds. The van der Waals surface area contributed by atoms with E-state index in [4.69, 9.17) is 0 Å². The average molecular weight is 261 g/mol. The van der Waals surface area contributed by atoms with Gasteiger partial charge < -0.3 is 10.4 Å². The number of H-pyrrole nitrogens is 1. The molecular weight excluding hydrogens is 250 g/mol. The largest absolute Gasteiger partial charge is 0.506 e. The Labute approximate surface area is 107 Å². The van der Waals surface area contributed by atoms with Crippen LogP contribution in [0.2, 0.25) is 0 Å². The molecule has 1 aromatic carbocycles. The molecule has 0 atom stereocenters. The van der Waals surface area contributed by atoms with Gasteiger partial charge in [0.05, 0.1) is 5.69 Å². The highest BCUT2D eigenvalue weighted by molar-refractivity contribution is 6.43. The Hall–Kier alpha value is -2.90. The molecule has 1 aromatic heterocycles. The molecule has 2 aromatic rings. The highest BCUT2D eigenvalue weighted by atomic mass is 16.3. The van der Waals surface area contributed by atoms with E-state index in [-0.39, 0.29) is 17.4 Å². The lowest BCUT2D eigenvalue weighted by molar-refractivity contribution is -0.133. The minimum atomic E-state index is -0.921. The summed E-state index contributed by atoms with van der Waals surface area (Å²) in [6.45, 7) is 1.79. The number of carbonyl (C=O) groups excluding carboxylic acids is 2. The maximum absolute atomic E-state index is 11.6. The van der Waals surface area contributed by atoms with Crippen molar-refractivity contribution in [3.63, 3.8) is 0 Å². The predicted molar refractivity (Wildman–Crippen MR) is 66.5 cm³/mol. The predicted octanol–water partition coefficient (Wildman–Crippen LogP) is 0.396. The lowest BCUT2D eigenvalue weighted by atomic mass is 10.2. The third kappa shape index (κ3) is 3.06. The van der Waals surface area contributed by atoms with Gasteiger partial charge in [0.2, 0.25) is 5.95 Å². The molecule has 0 spiro atoms. The fourth-order valence-electron chi connectivity index (χ4n) is 1.36. The number of phenols is 1. The van der Waals surface area contributed by atoms with Gasteiger partial charge in [0.1, 0.15) is 12.1 Å². The summed E-state index contributed by atoms with van der Waals surface area (Å²) in [5.74, 6) is -1.89. The summed E-state index contributed by atoms with van der Waals surface area (Å²) in [5, 5.41) is 20.0. The van der Waals surface area contributed by atoms with Crippen molar-refractivity contribution in [1.82, 2.24) is 15.2 Å². The smallest absolute Gasteiger partial charge is 0.316 e. The fraction of sp³-hybridized carbons (Fsp3) is 0.0909. The number of benzene rings is 1. The van der Waals surface area contributed by atoms with E-state index in [1.165, 1.54) is 18.5 Å². The van der Waals surface area contributed by atoms with Gasteiger partial charge in [0, 0.05) is 0 Å². The van der Waals surface area contributed by atoms with Gasteiger partial charge in [-0.3, -0.25) is 14.9 Å². The van der Waals surface area contributed by atoms with E-state index in [9.17, 15) is 14.7 Å². The number of phenolic OH excluding ortho intramolecular Hbond substituents is 1. The normalized spacial score (nSPS) is 9.95. The van der Waals surface area contributed by atoms with Crippen LogP contribution >= 0.6 is 0 Å². The zero-order valence-electron chi connectivity index (χ0n) is 9.97. The van der Waals surface area contributed by atoms with Crippen molar-refractivity contribution in [3.05, 3.63) is 30.1 Å². The second-order valence-corrected chi connectivity index (χ2v) is 3.76. The number of aromatic amines is 1. The van der Waals surface area contributed by atoms with E-state index in [2.05, 4.69) is 25.8 Å². The zero-order chi connectivity index (χ0) is 13.8. The summed E-state index contributed by atoms with van der Waals surface area (Å²) in [6, 6.07) is 4.68. The quantitative estimate of drug-likeness (QED) is 0.460. The summed E-state index contributed by atoms with van der Waals surface area (Å²) in [4.78, 5) is 26.7. The van der Waals surface area contributed by atoms with Gasteiger partial charge in [-0.05, 0) is 24.6 Å². The summed E-state index contributed by atoms with van der Waals surface area (Å²) in [7, 11) is 0. The number of aromatic nitrogens is 3. The molecule has 0 aliphatic rings. The molecule has 1 heterocycles. The standard InChI is InChI=1S/C11H11N5O3/c1-6-2-3-7(8(17)4-6)14-9(18)10(19)15-11-12-5-13-16-11/h2-5,17H,1H3,(H,14,18)(H2,12,13,15,16,19). The Kier molecular flexibility index (Phi) is 3.42. The van der Waals surface area contributed by atoms with Crippen LogP contribution in [0.15, 0.2) is 24.5 Å². The van der Waals surface area contributed by atoms with Gasteiger partial charge in [0.15, 0.2) is 0 Å². The molecule has 2 rings (SSSR count). The first-order chi connectivity index (χ1) is 9.06. The zero-order valence-corrected chi connectivity index (χ0v) is 9.97. The molecule has 0 unspecified atom stereocenters. The Morgan fingerprint density at radius 1 is 1.26 bits per heavy atom. The van der Waals surface area contributed by atoms with Gasteiger partial charge in [-0.2, -0.15) is 10.1 Å². The third-order valence-corrected chi connectivity index (χ3v) is 2.25. The van der Waals surface area contributed by atoms with Gasteiger partial charge in [-0.1, -0.05) is 6.07 Å². The van der Waals surface area contributed by atoms with Crippen LogP contribution in [-0.2, 0) is 9.59 Å². The van der Waals surface area contributed by atoms with E-state index in [1.807, 2.05) is 0 Å². The molecular formula is C11H11N5O3. The number of amides is 2. The van der Waals surface area contributed by atoms with Crippen LogP contribution in [0.25, 0.3) is 0 Å². The minimum Gasteiger partial charge on any atom is -0.506 e. The molecule has 0 saturated carbocycles. The van der Waals surface area contributed by atoms with Gasteiger partial charge >= 0.3 is 11.8 Å². The topological polar surface area (TPSA) is 120 Å². The van der Waals surface area contributed by atoms with E-state index < -0.39 is 11.8 Å². The number of aryl methyl sites for hydroxylation is 1. The van der Waals surface area contributed by atoms with Crippen LogP contribution in [0.5, 0.6) is 5.75 Å². The molecule has 0 aliphatic carbocycles. The van der Waals surface area contributed by atoms with Gasteiger partial charge in [-0.15, -0.1) is 0 Å². The van der Waals surface area contributed by atoms with Crippen LogP contribution in [0.4, 0.5) is 11.6 Å². The molecule has 0 saturated heterocycles. The lowest BCUT2D eigenvalue weighted by Gasteiger charge is -2.07. The minimum absolute atomic E-state index is 0.0632. The van der Waals surface area contributed by atoms with Crippen LogP contribution in [0.1, 0.15) is 5.56 Å². The van der Waals surface area contributed by atoms with Crippen molar-refractivity contribution < 1.29 is 14.7 Å². The van der Waals surface area contributed by atoms with E-state index >= 15 is 0 Å². The molecule has 19 heavy (non-hydrogen) atoms. The van der Waals surface area contributed by atoms with Gasteiger partial charge in [-0.25, -0.2) is 5.10 Å². The Morgan fingerprint density at radius 3 is 2.63 bits per heavy atom. The highest BCUT2D eigenvalue weighted by Crippen LogP contribution is 2.23. The maximum atomic E-state index is 11.6. The molecule has 8 heteroatoms. The first kappa shape index (κ1) is 12.6. The van der Waals surface area contributed by atoms with Crippen molar-refractivity contribution >= 4 is 23.5 Å². The summed E-state index contributed by atoms with van der Waals surface area (Å²) in [5.41, 5.74) is 0.991. The van der Waals surface area contributed by atoms with Crippen LogP contribution < -0.4 is 10.6 Å². The molecule has 98 valence electrons. The van der Waals surface area contributed by atoms with Crippen molar-refractivity contribution in [2.75, 3.05) is 10.6 Å². The van der Waals surface area contributed by atoms with E-state index in [1.54, 1.807) is 13.0 Å². The highest BCUT2D eigenvalue weighted by Gasteiger charge is 2.16. The maximum Gasteiger partial charge on any atom is 0.316 e. The first-order valence-corrected chi connectivity index (χ1v) is 5.33. The number of carbonyl (C=O) groups is 2. The molecule has 0 fully saturated rings. The SMILES string of the molecule is Cc1ccc(NC(=O)C(=O)Nc2ncn[nH]2)c(O)c1. The first-order valence-electron chi connectivity index (χ1n) is 5.33. The Morgan fingerprint density at radius 2 is 2.00 bits per heavy atom. The number of hydrogen-bond donors (Lipinski definition) is 4. The number of nitrogens with zero attached hydrogens (tertiary/aromatic N) is 2. The number of rotatable bonds is 2. The number of aromatic hydroxyl groups is 1. The van der Waals surface area contributed by atoms with Crippen molar-refractivity contribution in [2.24, 2.45) is 0 Å². The number of anilines is 2. The summed E-state index contributed by atoms with van der Waals surface area (Å²) in [6.07, 6.45) is 1.19. The molecule has 0 bridgehead atoms. The van der Waals surface area contributed by atoms with Crippen molar-refractivity contribution in [2.45, 2.75) is 6.92 Å². The fourth-order valence-corrected chi connectivity index (χ4v) is 1.36. The van der Waals surface area contributed by atoms with E-state index in [0.717, 1.165) is 5.56 Å². The summed E-state index contributed by atoms with van der Waals surface area (Å²) < 4.78 is 0. The second-order valence-electron chi connectivity index (χ2n) is 3.76. The molecule has 0 aliphatic heterocycles. The van der Waals surface area contributed by atoms with Crippen molar-refractivity contribution in [1.29, 1.82) is 0 Å². The number of nitrogens with one attached hydrogen (secondary N) is 3. The molecule has 4 N–H and O–H groups in total. The monoisotopic (exact) mass is 261 g/mol. The second kappa shape index (κ2) is 5.17. The van der Waals surface area contributed by atoms with Crippen LogP contribution in [0.3, 0.4) is 0 Å². The number of hydrogen-bond acceptors (Lipinski definition) is 5. The third-order valence-electron chi connectivity index (χ3n) is 2.25. The Balaban J connectivity index is 2.02.